The Kier molecular flexibility index (Phi) is 1.09. The third-order valence-electron chi connectivity index (χ3n) is 1.41. The standard InChI is InChI=1S/C5H10S/c1-2-4-3-5(4)6/h4-6H,2-3H2,1H3. The molecule has 1 aliphatic rings. The van der Waals surface area contributed by atoms with Crippen molar-refractivity contribution >= 4 is 12.6 Å². The van der Waals surface area contributed by atoms with Gasteiger partial charge in [-0.1, -0.05) is 13.3 Å². The summed E-state index contributed by atoms with van der Waals surface area (Å²) in [6, 6.07) is 0. The van der Waals surface area contributed by atoms with E-state index in [1.165, 1.54) is 12.8 Å². The van der Waals surface area contributed by atoms with Crippen LogP contribution in [0, 0.1) is 5.92 Å². The van der Waals surface area contributed by atoms with E-state index in [0.717, 1.165) is 11.2 Å². The van der Waals surface area contributed by atoms with Crippen LogP contribution in [-0.4, -0.2) is 5.25 Å². The minimum absolute atomic E-state index is 0.759. The first kappa shape index (κ1) is 4.51. The second-order valence-electron chi connectivity index (χ2n) is 1.97. The van der Waals surface area contributed by atoms with Gasteiger partial charge in [-0.05, 0) is 12.3 Å². The molecule has 1 aliphatic carbocycles. The van der Waals surface area contributed by atoms with Crippen LogP contribution in [0.25, 0.3) is 0 Å². The van der Waals surface area contributed by atoms with E-state index in [1.807, 2.05) is 0 Å². The topological polar surface area (TPSA) is 0 Å². The first-order valence-electron chi connectivity index (χ1n) is 2.52. The Balaban J connectivity index is 2.09. The predicted molar refractivity (Wildman–Crippen MR) is 31.2 cm³/mol. The van der Waals surface area contributed by atoms with Crippen LogP contribution >= 0.6 is 12.6 Å². The van der Waals surface area contributed by atoms with Gasteiger partial charge in [0.1, 0.15) is 0 Å². The Morgan fingerprint density at radius 1 is 1.83 bits per heavy atom. The summed E-state index contributed by atoms with van der Waals surface area (Å²) < 4.78 is 0. The van der Waals surface area contributed by atoms with Crippen LogP contribution in [-0.2, 0) is 0 Å². The molecule has 0 aliphatic heterocycles. The van der Waals surface area contributed by atoms with Crippen molar-refractivity contribution in [3.63, 3.8) is 0 Å². The molecule has 36 valence electrons. The van der Waals surface area contributed by atoms with E-state index in [9.17, 15) is 0 Å². The second kappa shape index (κ2) is 1.45. The van der Waals surface area contributed by atoms with Crippen LogP contribution in [0.4, 0.5) is 0 Å². The average Bonchev–Trinajstić information content (AvgIpc) is 2.19. The van der Waals surface area contributed by atoms with Crippen molar-refractivity contribution in [3.05, 3.63) is 0 Å². The van der Waals surface area contributed by atoms with Crippen molar-refractivity contribution in [1.29, 1.82) is 0 Å². The van der Waals surface area contributed by atoms with Gasteiger partial charge in [-0.3, -0.25) is 0 Å². The molecule has 0 saturated heterocycles. The summed E-state index contributed by atoms with van der Waals surface area (Å²) in [4.78, 5) is 0. The van der Waals surface area contributed by atoms with E-state index >= 15 is 0 Å². The predicted octanol–water partition coefficient (Wildman–Crippen LogP) is 1.71. The fourth-order valence-corrected chi connectivity index (χ4v) is 1.15. The van der Waals surface area contributed by atoms with Gasteiger partial charge < -0.3 is 0 Å². The van der Waals surface area contributed by atoms with Gasteiger partial charge in [0.25, 0.3) is 0 Å². The van der Waals surface area contributed by atoms with E-state index in [-0.39, 0.29) is 0 Å². The van der Waals surface area contributed by atoms with Crippen molar-refractivity contribution in [1.82, 2.24) is 0 Å². The zero-order chi connectivity index (χ0) is 4.57. The van der Waals surface area contributed by atoms with Gasteiger partial charge in [0.05, 0.1) is 0 Å². The summed E-state index contributed by atoms with van der Waals surface area (Å²) in [5, 5.41) is 0.759. The molecule has 1 saturated carbocycles. The fourth-order valence-electron chi connectivity index (χ4n) is 0.670. The summed E-state index contributed by atoms with van der Waals surface area (Å²) >= 11 is 4.25. The summed E-state index contributed by atoms with van der Waals surface area (Å²) in [6.07, 6.45) is 2.69. The highest BCUT2D eigenvalue weighted by molar-refractivity contribution is 7.81. The Hall–Kier alpha value is 0.350. The SMILES string of the molecule is CCC1CC1S. The Labute approximate surface area is 44.3 Å². The highest BCUT2D eigenvalue weighted by Gasteiger charge is 2.30. The molecule has 0 N–H and O–H groups in total. The smallest absolute Gasteiger partial charge is 0.00484 e. The Morgan fingerprint density at radius 2 is 2.33 bits per heavy atom. The van der Waals surface area contributed by atoms with Crippen molar-refractivity contribution in [2.75, 3.05) is 0 Å². The molecule has 6 heavy (non-hydrogen) atoms. The van der Waals surface area contributed by atoms with E-state index in [4.69, 9.17) is 0 Å². The lowest BCUT2D eigenvalue weighted by Gasteiger charge is -1.78. The molecule has 1 rings (SSSR count). The maximum atomic E-state index is 4.25. The highest BCUT2D eigenvalue weighted by atomic mass is 32.1. The zero-order valence-electron chi connectivity index (χ0n) is 4.02. The average molecular weight is 102 g/mol. The van der Waals surface area contributed by atoms with Gasteiger partial charge in [-0.25, -0.2) is 0 Å². The first-order chi connectivity index (χ1) is 2.84. The zero-order valence-corrected chi connectivity index (χ0v) is 4.91. The molecular weight excluding hydrogens is 92.1 g/mol. The van der Waals surface area contributed by atoms with E-state index in [1.54, 1.807) is 0 Å². The summed E-state index contributed by atoms with van der Waals surface area (Å²) in [6.45, 7) is 2.22. The van der Waals surface area contributed by atoms with Gasteiger partial charge in [0.15, 0.2) is 0 Å². The molecule has 0 aromatic carbocycles. The molecule has 2 unspecified atom stereocenters. The molecular formula is C5H10S. The quantitative estimate of drug-likeness (QED) is 0.479. The summed E-state index contributed by atoms with van der Waals surface area (Å²) in [5.41, 5.74) is 0. The van der Waals surface area contributed by atoms with Gasteiger partial charge >= 0.3 is 0 Å². The molecule has 0 amide bonds. The third-order valence-corrected chi connectivity index (χ3v) is 2.04. The van der Waals surface area contributed by atoms with Crippen LogP contribution in [0.3, 0.4) is 0 Å². The van der Waals surface area contributed by atoms with Crippen molar-refractivity contribution in [3.8, 4) is 0 Å². The lowest BCUT2D eigenvalue weighted by atomic mass is 10.3. The molecule has 2 atom stereocenters. The number of thiol groups is 1. The lowest BCUT2D eigenvalue weighted by Crippen LogP contribution is -1.70. The van der Waals surface area contributed by atoms with Crippen LogP contribution in [0.15, 0.2) is 0 Å². The van der Waals surface area contributed by atoms with Crippen LogP contribution in [0.1, 0.15) is 19.8 Å². The largest absolute Gasteiger partial charge is 0.176 e. The third kappa shape index (κ3) is 0.700. The molecule has 1 heteroatoms. The summed E-state index contributed by atoms with van der Waals surface area (Å²) in [7, 11) is 0. The molecule has 1 fully saturated rings. The maximum absolute atomic E-state index is 4.25. The molecule has 0 nitrogen and oxygen atoms in total. The highest BCUT2D eigenvalue weighted by Crippen LogP contribution is 2.37. The van der Waals surface area contributed by atoms with Gasteiger partial charge in [0.2, 0.25) is 0 Å². The van der Waals surface area contributed by atoms with Crippen LogP contribution in [0.5, 0.6) is 0 Å². The molecule has 0 radical (unpaired) electrons. The molecule has 0 aromatic rings. The van der Waals surface area contributed by atoms with Crippen LogP contribution in [0.2, 0.25) is 0 Å². The first-order valence-corrected chi connectivity index (χ1v) is 3.04. The van der Waals surface area contributed by atoms with Crippen molar-refractivity contribution < 1.29 is 0 Å². The fraction of sp³-hybridized carbons (Fsp3) is 1.00. The van der Waals surface area contributed by atoms with E-state index < -0.39 is 0 Å². The van der Waals surface area contributed by atoms with Gasteiger partial charge in [-0.15, -0.1) is 0 Å². The van der Waals surface area contributed by atoms with E-state index in [0.29, 0.717) is 0 Å². The summed E-state index contributed by atoms with van der Waals surface area (Å²) in [5.74, 6) is 0.966. The van der Waals surface area contributed by atoms with Crippen LogP contribution < -0.4 is 0 Å². The molecule has 0 bridgehead atoms. The molecule has 0 spiro atoms. The minimum atomic E-state index is 0.759. The number of hydrogen-bond donors (Lipinski definition) is 1. The normalized spacial score (nSPS) is 43.0. The van der Waals surface area contributed by atoms with E-state index in [2.05, 4.69) is 19.6 Å². The van der Waals surface area contributed by atoms with Crippen molar-refractivity contribution in [2.24, 2.45) is 5.92 Å². The molecule has 0 aromatic heterocycles. The van der Waals surface area contributed by atoms with Gasteiger partial charge in [0, 0.05) is 5.25 Å². The Bertz CT molecular complexity index is 49.9. The minimum Gasteiger partial charge on any atom is -0.176 e. The molecule has 0 heterocycles. The monoisotopic (exact) mass is 102 g/mol. The van der Waals surface area contributed by atoms with Crippen molar-refractivity contribution in [2.45, 2.75) is 25.0 Å². The second-order valence-corrected chi connectivity index (χ2v) is 2.63. The van der Waals surface area contributed by atoms with Gasteiger partial charge in [-0.2, -0.15) is 12.6 Å². The maximum Gasteiger partial charge on any atom is 0.00484 e. The number of rotatable bonds is 1. The number of hydrogen-bond acceptors (Lipinski definition) is 1. The lowest BCUT2D eigenvalue weighted by molar-refractivity contribution is 0.804. The Morgan fingerprint density at radius 3 is 2.33 bits per heavy atom.